The molecule has 1 aliphatic rings. The van der Waals surface area contributed by atoms with Gasteiger partial charge in [0.1, 0.15) is 5.69 Å². The highest BCUT2D eigenvalue weighted by Crippen LogP contribution is 2.30. The van der Waals surface area contributed by atoms with E-state index in [0.29, 0.717) is 31.6 Å². The maximum absolute atomic E-state index is 13.6. The molecule has 0 spiro atoms. The lowest BCUT2D eigenvalue weighted by Gasteiger charge is -2.33. The van der Waals surface area contributed by atoms with Gasteiger partial charge in [-0.2, -0.15) is 4.31 Å². The summed E-state index contributed by atoms with van der Waals surface area (Å²) < 4.78 is 34.1. The predicted molar refractivity (Wildman–Crippen MR) is 136 cm³/mol. The van der Waals surface area contributed by atoms with Crippen LogP contribution in [0.15, 0.2) is 64.0 Å². The van der Waals surface area contributed by atoms with Crippen LogP contribution in [0.25, 0.3) is 12.2 Å². The summed E-state index contributed by atoms with van der Waals surface area (Å²) in [5.74, 6) is -0.244. The number of amides is 1. The fourth-order valence-corrected chi connectivity index (χ4v) is 6.16. The molecule has 1 amide bonds. The largest absolute Gasteiger partial charge is 0.355 e. The number of rotatable bonds is 7. The van der Waals surface area contributed by atoms with Crippen LogP contribution in [-0.2, 0) is 21.4 Å². The first-order valence-electron chi connectivity index (χ1n) is 11.8. The number of sulfonamides is 1. The zero-order valence-electron chi connectivity index (χ0n) is 20.3. The van der Waals surface area contributed by atoms with Crippen molar-refractivity contribution in [3.05, 3.63) is 82.7 Å². The summed E-state index contributed by atoms with van der Waals surface area (Å²) >= 11 is 0. The molecule has 0 saturated carbocycles. The lowest BCUT2D eigenvalue weighted by atomic mass is 9.98. The second kappa shape index (κ2) is 10.6. The minimum Gasteiger partial charge on any atom is -0.355 e. The SMILES string of the molecule is Cc1ccc(/C=C/c2onc(C)c2S(=O)(=O)N2CCC[C@H](C(=O)N(C)Cc3ccccc3)C2)cc1. The lowest BCUT2D eigenvalue weighted by Crippen LogP contribution is -2.45. The van der Waals surface area contributed by atoms with Gasteiger partial charge in [0.15, 0.2) is 10.7 Å². The Morgan fingerprint density at radius 3 is 2.54 bits per heavy atom. The zero-order chi connectivity index (χ0) is 25.0. The third-order valence-electron chi connectivity index (χ3n) is 6.31. The van der Waals surface area contributed by atoms with Crippen LogP contribution in [-0.4, -0.2) is 48.8 Å². The number of carbonyl (C=O) groups excluding carboxylic acids is 1. The van der Waals surface area contributed by atoms with Crippen molar-refractivity contribution < 1.29 is 17.7 Å². The van der Waals surface area contributed by atoms with Crippen molar-refractivity contribution in [1.82, 2.24) is 14.4 Å². The molecule has 7 nitrogen and oxygen atoms in total. The maximum Gasteiger partial charge on any atom is 0.248 e. The highest BCUT2D eigenvalue weighted by Gasteiger charge is 2.37. The van der Waals surface area contributed by atoms with Gasteiger partial charge < -0.3 is 9.42 Å². The highest BCUT2D eigenvalue weighted by atomic mass is 32.2. The minimum atomic E-state index is -3.89. The summed E-state index contributed by atoms with van der Waals surface area (Å²) in [7, 11) is -2.12. The van der Waals surface area contributed by atoms with Crippen molar-refractivity contribution in [2.75, 3.05) is 20.1 Å². The van der Waals surface area contributed by atoms with E-state index < -0.39 is 10.0 Å². The van der Waals surface area contributed by atoms with Crippen LogP contribution in [0.1, 0.15) is 41.0 Å². The zero-order valence-corrected chi connectivity index (χ0v) is 21.2. The molecule has 8 heteroatoms. The van der Waals surface area contributed by atoms with Gasteiger partial charge in [-0.3, -0.25) is 4.79 Å². The molecule has 0 N–H and O–H groups in total. The van der Waals surface area contributed by atoms with E-state index in [1.807, 2.05) is 61.5 Å². The molecular weight excluding hydrogens is 462 g/mol. The first-order valence-corrected chi connectivity index (χ1v) is 13.2. The second-order valence-electron chi connectivity index (χ2n) is 9.09. The van der Waals surface area contributed by atoms with E-state index in [-0.39, 0.29) is 29.0 Å². The molecule has 0 bridgehead atoms. The topological polar surface area (TPSA) is 83.7 Å². The van der Waals surface area contributed by atoms with Gasteiger partial charge in [0.05, 0.1) is 5.92 Å². The fourth-order valence-electron chi connectivity index (χ4n) is 4.39. The first-order chi connectivity index (χ1) is 16.8. The van der Waals surface area contributed by atoms with Gasteiger partial charge in [0, 0.05) is 26.7 Å². The van der Waals surface area contributed by atoms with E-state index >= 15 is 0 Å². The molecule has 0 unspecified atom stereocenters. The van der Waals surface area contributed by atoms with E-state index in [9.17, 15) is 13.2 Å². The van der Waals surface area contributed by atoms with Crippen molar-refractivity contribution in [2.45, 2.75) is 38.1 Å². The average Bonchev–Trinajstić information content (AvgIpc) is 3.25. The number of hydrogen-bond acceptors (Lipinski definition) is 5. The van der Waals surface area contributed by atoms with E-state index in [1.165, 1.54) is 4.31 Å². The van der Waals surface area contributed by atoms with Gasteiger partial charge in [0.2, 0.25) is 15.9 Å². The molecule has 0 radical (unpaired) electrons. The Morgan fingerprint density at radius 1 is 1.11 bits per heavy atom. The summed E-state index contributed by atoms with van der Waals surface area (Å²) in [5.41, 5.74) is 3.42. The van der Waals surface area contributed by atoms with Crippen molar-refractivity contribution in [2.24, 2.45) is 5.92 Å². The van der Waals surface area contributed by atoms with Crippen molar-refractivity contribution in [3.8, 4) is 0 Å². The molecule has 184 valence electrons. The van der Waals surface area contributed by atoms with Crippen LogP contribution in [0.2, 0.25) is 0 Å². The molecule has 2 heterocycles. The molecule has 2 aromatic carbocycles. The van der Waals surface area contributed by atoms with Gasteiger partial charge in [-0.25, -0.2) is 8.42 Å². The van der Waals surface area contributed by atoms with Crippen molar-refractivity contribution in [1.29, 1.82) is 0 Å². The van der Waals surface area contributed by atoms with Gasteiger partial charge in [-0.05, 0) is 43.9 Å². The Bertz CT molecular complexity index is 1300. The van der Waals surface area contributed by atoms with E-state index in [1.54, 1.807) is 31.0 Å². The minimum absolute atomic E-state index is 0.0460. The molecule has 1 fully saturated rings. The van der Waals surface area contributed by atoms with E-state index in [2.05, 4.69) is 5.16 Å². The maximum atomic E-state index is 13.6. The van der Waals surface area contributed by atoms with Gasteiger partial charge in [-0.1, -0.05) is 71.4 Å². The van der Waals surface area contributed by atoms with Crippen LogP contribution in [0.3, 0.4) is 0 Å². The summed E-state index contributed by atoms with van der Waals surface area (Å²) in [5, 5.41) is 3.93. The Kier molecular flexibility index (Phi) is 7.52. The number of carbonyl (C=O) groups is 1. The Balaban J connectivity index is 1.51. The number of hydrogen-bond donors (Lipinski definition) is 0. The molecule has 1 saturated heterocycles. The molecule has 1 aromatic heterocycles. The van der Waals surface area contributed by atoms with Gasteiger partial charge >= 0.3 is 0 Å². The molecule has 1 aliphatic heterocycles. The Morgan fingerprint density at radius 2 is 1.83 bits per heavy atom. The van der Waals surface area contributed by atoms with Gasteiger partial charge in [-0.15, -0.1) is 0 Å². The quantitative estimate of drug-likeness (QED) is 0.483. The molecule has 1 atom stereocenters. The molecule has 35 heavy (non-hydrogen) atoms. The smallest absolute Gasteiger partial charge is 0.248 e. The summed E-state index contributed by atoms with van der Waals surface area (Å²) in [6.07, 6.45) is 4.72. The third kappa shape index (κ3) is 5.71. The number of nitrogens with zero attached hydrogens (tertiary/aromatic N) is 3. The Hall–Kier alpha value is -3.23. The lowest BCUT2D eigenvalue weighted by molar-refractivity contribution is -0.135. The van der Waals surface area contributed by atoms with Crippen LogP contribution < -0.4 is 0 Å². The highest BCUT2D eigenvalue weighted by molar-refractivity contribution is 7.89. The fraction of sp³-hybridized carbons (Fsp3) is 0.333. The molecular formula is C27H31N3O4S. The second-order valence-corrected chi connectivity index (χ2v) is 11.0. The Labute approximate surface area is 207 Å². The predicted octanol–water partition coefficient (Wildman–Crippen LogP) is 4.52. The number of aromatic nitrogens is 1. The number of benzene rings is 2. The van der Waals surface area contributed by atoms with Crippen molar-refractivity contribution >= 4 is 28.1 Å². The van der Waals surface area contributed by atoms with Crippen LogP contribution in [0.4, 0.5) is 0 Å². The summed E-state index contributed by atoms with van der Waals surface area (Å²) in [6.45, 7) is 4.63. The molecule has 4 rings (SSSR count). The van der Waals surface area contributed by atoms with Crippen LogP contribution in [0.5, 0.6) is 0 Å². The summed E-state index contributed by atoms with van der Waals surface area (Å²) in [4.78, 5) is 14.9. The van der Waals surface area contributed by atoms with Crippen molar-refractivity contribution in [3.63, 3.8) is 0 Å². The third-order valence-corrected chi connectivity index (χ3v) is 8.33. The molecule has 0 aliphatic carbocycles. The van der Waals surface area contributed by atoms with E-state index in [0.717, 1.165) is 16.7 Å². The first kappa shape index (κ1) is 24.9. The van der Waals surface area contributed by atoms with Gasteiger partial charge in [0.25, 0.3) is 0 Å². The number of aryl methyl sites for hydroxylation is 2. The standard InChI is InChI=1S/C27H31N3O4S/c1-20-11-13-22(14-12-20)15-16-25-26(21(2)28-34-25)35(32,33)30-17-7-10-24(19-30)27(31)29(3)18-23-8-5-4-6-9-23/h4-6,8-9,11-16,24H,7,10,17-19H2,1-3H3/b16-15+/t24-/m0/s1. The summed E-state index contributed by atoms with van der Waals surface area (Å²) in [6, 6.07) is 17.6. The number of piperidine rings is 1. The van der Waals surface area contributed by atoms with E-state index in [4.69, 9.17) is 4.52 Å². The molecule has 3 aromatic rings. The average molecular weight is 494 g/mol. The normalized spacial score (nSPS) is 17.1. The van der Waals surface area contributed by atoms with Crippen LogP contribution in [0, 0.1) is 19.8 Å². The monoisotopic (exact) mass is 493 g/mol. The van der Waals surface area contributed by atoms with Crippen LogP contribution >= 0.6 is 0 Å².